The van der Waals surface area contributed by atoms with Crippen molar-refractivity contribution < 1.29 is 19.0 Å². The molecule has 3 aliphatic heterocycles. The standard InChI is InChI=1S/C19H27N4O3S/c1-4-8-13-11-20-17-15(18(25)22(3)19(26)21(17)2)16(13)27-12-14(24)23-9-6-5-7-10-23/h11,15H,4-10,12H2,1-3H3/q+1. The third-order valence-corrected chi connectivity index (χ3v) is 6.46. The number of amidine groups is 1. The van der Waals surface area contributed by atoms with Gasteiger partial charge in [-0.15, -0.1) is 16.8 Å². The molecule has 1 atom stereocenters. The van der Waals surface area contributed by atoms with Gasteiger partial charge < -0.3 is 4.90 Å². The van der Waals surface area contributed by atoms with E-state index in [1.807, 2.05) is 4.90 Å². The van der Waals surface area contributed by atoms with E-state index in [-0.39, 0.29) is 17.8 Å². The molecule has 3 rings (SSSR count). The molecule has 0 saturated carbocycles. The van der Waals surface area contributed by atoms with Crippen molar-refractivity contribution in [1.82, 2.24) is 9.80 Å². The van der Waals surface area contributed by atoms with E-state index in [1.165, 1.54) is 29.8 Å². The van der Waals surface area contributed by atoms with Crippen molar-refractivity contribution in [1.29, 1.82) is 0 Å². The molecule has 0 aromatic heterocycles. The first kappa shape index (κ1) is 19.8. The van der Waals surface area contributed by atoms with Crippen molar-refractivity contribution in [3.05, 3.63) is 10.5 Å². The first-order valence-corrected chi connectivity index (χ1v) is 10.5. The molecule has 0 bridgehead atoms. The summed E-state index contributed by atoms with van der Waals surface area (Å²) in [6.45, 7) is 3.72. The maximum Gasteiger partial charge on any atom is 0.445 e. The minimum atomic E-state index is -0.594. The minimum absolute atomic E-state index is 0.119. The fourth-order valence-electron chi connectivity index (χ4n) is 3.71. The second-order valence-electron chi connectivity index (χ2n) is 7.16. The van der Waals surface area contributed by atoms with Gasteiger partial charge in [0.1, 0.15) is 6.21 Å². The lowest BCUT2D eigenvalue weighted by Crippen LogP contribution is -2.52. The zero-order chi connectivity index (χ0) is 19.6. The van der Waals surface area contributed by atoms with Crippen LogP contribution in [0.3, 0.4) is 0 Å². The van der Waals surface area contributed by atoms with Crippen molar-refractivity contribution in [2.45, 2.75) is 39.0 Å². The van der Waals surface area contributed by atoms with Crippen molar-refractivity contribution in [3.63, 3.8) is 0 Å². The van der Waals surface area contributed by atoms with Crippen LogP contribution in [0.2, 0.25) is 0 Å². The number of hydrogen-bond donors (Lipinski definition) is 0. The molecule has 0 spiro atoms. The van der Waals surface area contributed by atoms with Crippen LogP contribution in [0.15, 0.2) is 15.5 Å². The van der Waals surface area contributed by atoms with Gasteiger partial charge in [0.25, 0.3) is 5.84 Å². The summed E-state index contributed by atoms with van der Waals surface area (Å²) in [6.07, 6.45) is 6.77. The van der Waals surface area contributed by atoms with Crippen LogP contribution in [0, 0.1) is 5.92 Å². The molecule has 1 saturated heterocycles. The number of carbonyl (C=O) groups is 3. The molecule has 27 heavy (non-hydrogen) atoms. The van der Waals surface area contributed by atoms with E-state index < -0.39 is 5.92 Å². The number of amides is 4. The SMILES string of the molecule is CCCC1=C(SCC(=O)N2CCCCC2)C2C(=O)N(C)C(=O)[N+](C)=C2N=C1. The number of aliphatic imine (C=N–C) groups is 1. The van der Waals surface area contributed by atoms with E-state index in [0.29, 0.717) is 11.6 Å². The summed E-state index contributed by atoms with van der Waals surface area (Å²) in [5.41, 5.74) is 0.993. The molecule has 1 unspecified atom stereocenters. The number of imide groups is 1. The number of dihydropyridines is 1. The molecular formula is C19H27N4O3S+. The van der Waals surface area contributed by atoms with Crippen LogP contribution >= 0.6 is 11.8 Å². The van der Waals surface area contributed by atoms with Crippen LogP contribution in [-0.2, 0) is 9.59 Å². The summed E-state index contributed by atoms with van der Waals surface area (Å²) in [4.78, 5) is 46.0. The Hall–Kier alpha value is -1.96. The Morgan fingerprint density at radius 2 is 2.00 bits per heavy atom. The predicted molar refractivity (Wildman–Crippen MR) is 106 cm³/mol. The van der Waals surface area contributed by atoms with Gasteiger partial charge in [-0.2, -0.15) is 9.48 Å². The average Bonchev–Trinajstić information content (AvgIpc) is 2.69. The number of rotatable bonds is 5. The first-order valence-electron chi connectivity index (χ1n) is 9.55. The van der Waals surface area contributed by atoms with Gasteiger partial charge in [0, 0.05) is 18.0 Å². The normalized spacial score (nSPS) is 23.3. The molecule has 0 N–H and O–H groups in total. The zero-order valence-electron chi connectivity index (χ0n) is 16.2. The predicted octanol–water partition coefficient (Wildman–Crippen LogP) is 2.12. The van der Waals surface area contributed by atoms with Crippen molar-refractivity contribution in [2.24, 2.45) is 10.9 Å². The summed E-state index contributed by atoms with van der Waals surface area (Å²) >= 11 is 1.43. The third kappa shape index (κ3) is 3.85. The lowest BCUT2D eigenvalue weighted by Gasteiger charge is -2.29. The molecule has 146 valence electrons. The molecule has 8 heteroatoms. The average molecular weight is 392 g/mol. The van der Waals surface area contributed by atoms with Crippen LogP contribution in [0.5, 0.6) is 0 Å². The largest absolute Gasteiger partial charge is 0.445 e. The van der Waals surface area contributed by atoms with Crippen LogP contribution in [-0.4, -0.2) is 77.2 Å². The van der Waals surface area contributed by atoms with Crippen LogP contribution in [0.4, 0.5) is 4.79 Å². The lowest BCUT2D eigenvalue weighted by atomic mass is 9.96. The van der Waals surface area contributed by atoms with Gasteiger partial charge in [-0.25, -0.2) is 4.79 Å². The smallest absolute Gasteiger partial charge is 0.342 e. The Kier molecular flexibility index (Phi) is 6.14. The number of carbonyl (C=O) groups excluding carboxylic acids is 3. The van der Waals surface area contributed by atoms with Crippen molar-refractivity contribution >= 4 is 41.7 Å². The summed E-state index contributed by atoms with van der Waals surface area (Å²) in [7, 11) is 3.13. The number of likely N-dealkylation sites (tertiary alicyclic amines) is 1. The van der Waals surface area contributed by atoms with E-state index in [9.17, 15) is 14.4 Å². The number of fused-ring (bicyclic) bond motifs is 1. The highest BCUT2D eigenvalue weighted by Crippen LogP contribution is 2.36. The molecule has 7 nitrogen and oxygen atoms in total. The number of nitrogens with zero attached hydrogens (tertiary/aromatic N) is 4. The van der Waals surface area contributed by atoms with E-state index in [0.717, 1.165) is 54.2 Å². The van der Waals surface area contributed by atoms with E-state index >= 15 is 0 Å². The highest BCUT2D eigenvalue weighted by molar-refractivity contribution is 8.03. The second kappa shape index (κ2) is 8.37. The Labute approximate surface area is 164 Å². The number of allylic oxidation sites excluding steroid dienone is 1. The van der Waals surface area contributed by atoms with Gasteiger partial charge in [0.2, 0.25) is 5.91 Å². The molecule has 0 aromatic carbocycles. The highest BCUT2D eigenvalue weighted by Gasteiger charge is 2.48. The van der Waals surface area contributed by atoms with E-state index in [4.69, 9.17) is 0 Å². The van der Waals surface area contributed by atoms with E-state index in [2.05, 4.69) is 11.9 Å². The van der Waals surface area contributed by atoms with Gasteiger partial charge in [0.15, 0.2) is 5.92 Å². The second-order valence-corrected chi connectivity index (χ2v) is 8.18. The van der Waals surface area contributed by atoms with Gasteiger partial charge in [-0.1, -0.05) is 13.3 Å². The number of thioether (sulfide) groups is 1. The van der Waals surface area contributed by atoms with Gasteiger partial charge >= 0.3 is 11.9 Å². The van der Waals surface area contributed by atoms with Gasteiger partial charge in [-0.05, 0) is 31.3 Å². The Balaban J connectivity index is 1.86. The van der Waals surface area contributed by atoms with Gasteiger partial charge in [-0.3, -0.25) is 9.59 Å². The van der Waals surface area contributed by atoms with Crippen molar-refractivity contribution in [3.8, 4) is 0 Å². The fourth-order valence-corrected chi connectivity index (χ4v) is 4.88. The first-order chi connectivity index (χ1) is 13.0. The summed E-state index contributed by atoms with van der Waals surface area (Å²) in [5, 5.41) is 0. The molecule has 3 aliphatic rings. The summed E-state index contributed by atoms with van der Waals surface area (Å²) in [6, 6.07) is -0.379. The molecule has 1 fully saturated rings. The third-order valence-electron chi connectivity index (χ3n) is 5.26. The maximum absolute atomic E-state index is 12.9. The lowest BCUT2D eigenvalue weighted by molar-refractivity contribution is -0.407. The summed E-state index contributed by atoms with van der Waals surface area (Å²) < 4.78 is 1.43. The number of urea groups is 1. The van der Waals surface area contributed by atoms with Crippen LogP contribution in [0.25, 0.3) is 0 Å². The van der Waals surface area contributed by atoms with Crippen LogP contribution in [0.1, 0.15) is 39.0 Å². The maximum atomic E-state index is 12.9. The molecular weight excluding hydrogens is 364 g/mol. The molecule has 0 aliphatic carbocycles. The minimum Gasteiger partial charge on any atom is -0.342 e. The Bertz CT molecular complexity index is 750. The zero-order valence-corrected chi connectivity index (χ0v) is 17.0. The molecule has 4 amide bonds. The Morgan fingerprint density at radius 3 is 2.67 bits per heavy atom. The fraction of sp³-hybridized carbons (Fsp3) is 0.632. The van der Waals surface area contributed by atoms with Crippen molar-refractivity contribution in [2.75, 3.05) is 32.9 Å². The van der Waals surface area contributed by atoms with Gasteiger partial charge in [0.05, 0.1) is 19.8 Å². The number of hydrogen-bond acceptors (Lipinski definition) is 5. The number of piperidine rings is 1. The molecule has 0 radical (unpaired) electrons. The Morgan fingerprint density at radius 1 is 1.30 bits per heavy atom. The summed E-state index contributed by atoms with van der Waals surface area (Å²) in [5.74, 6) is 0.0216. The molecule has 0 aromatic rings. The quantitative estimate of drug-likeness (QED) is 0.673. The molecule has 3 heterocycles. The highest BCUT2D eigenvalue weighted by atomic mass is 32.2. The van der Waals surface area contributed by atoms with Crippen LogP contribution < -0.4 is 0 Å². The van der Waals surface area contributed by atoms with E-state index in [1.54, 1.807) is 13.3 Å². The monoisotopic (exact) mass is 391 g/mol. The topological polar surface area (TPSA) is 73.1 Å².